The van der Waals surface area contributed by atoms with Crippen molar-refractivity contribution in [1.29, 1.82) is 0 Å². The fourth-order valence-electron chi connectivity index (χ4n) is 3.76. The molecular formula is C23H22FNO5. The number of aliphatic hydroxyl groups excluding tert-OH is 1. The molecule has 30 heavy (non-hydrogen) atoms. The van der Waals surface area contributed by atoms with E-state index < -0.39 is 41.2 Å². The number of carbonyl (C=O) groups excluding carboxylic acids is 3. The summed E-state index contributed by atoms with van der Waals surface area (Å²) in [6, 6.07) is 13.7. The zero-order chi connectivity index (χ0) is 21.8. The van der Waals surface area contributed by atoms with Crippen LogP contribution >= 0.6 is 0 Å². The minimum atomic E-state index is -0.949. The number of Topliss-reactive ketones (excluding diaryl/α,β-unsaturated/α-hetero) is 1. The Hall–Kier alpha value is -3.48. The first-order chi connectivity index (χ1) is 14.3. The van der Waals surface area contributed by atoms with Crippen LogP contribution in [0.3, 0.4) is 0 Å². The number of carbonyl (C=O) groups is 3. The second kappa shape index (κ2) is 8.90. The normalized spacial score (nSPS) is 17.2. The summed E-state index contributed by atoms with van der Waals surface area (Å²) in [6.07, 6.45) is -0.00364. The number of hydrogen-bond acceptors (Lipinski definition) is 5. The van der Waals surface area contributed by atoms with Crippen LogP contribution in [0.1, 0.15) is 36.4 Å². The Morgan fingerprint density at radius 2 is 1.87 bits per heavy atom. The molecule has 1 heterocycles. The Labute approximate surface area is 173 Å². The molecule has 2 atom stereocenters. The van der Waals surface area contributed by atoms with Gasteiger partial charge in [-0.15, -0.1) is 0 Å². The lowest BCUT2D eigenvalue weighted by Gasteiger charge is -2.30. The number of aliphatic hydroxyl groups is 1. The predicted molar refractivity (Wildman–Crippen MR) is 107 cm³/mol. The highest BCUT2D eigenvalue weighted by Gasteiger charge is 2.43. The Morgan fingerprint density at radius 1 is 1.17 bits per heavy atom. The zero-order valence-electron chi connectivity index (χ0n) is 16.7. The maximum absolute atomic E-state index is 13.9. The van der Waals surface area contributed by atoms with Gasteiger partial charge in [0.15, 0.2) is 11.5 Å². The molecule has 1 N–H and O–H groups in total. The van der Waals surface area contributed by atoms with E-state index in [1.165, 1.54) is 37.1 Å². The zero-order valence-corrected chi connectivity index (χ0v) is 16.7. The first-order valence-electron chi connectivity index (χ1n) is 9.45. The fraction of sp³-hybridized carbons (Fsp3) is 0.261. The molecule has 2 aromatic rings. The summed E-state index contributed by atoms with van der Waals surface area (Å²) in [5.41, 5.74) is 1.07. The van der Waals surface area contributed by atoms with Gasteiger partial charge < -0.3 is 14.7 Å². The number of methoxy groups -OCH3 is 1. The number of rotatable bonds is 7. The largest absolute Gasteiger partial charge is 0.503 e. The second-order valence-corrected chi connectivity index (χ2v) is 7.12. The molecule has 1 aliphatic heterocycles. The van der Waals surface area contributed by atoms with Crippen molar-refractivity contribution in [2.24, 2.45) is 0 Å². The van der Waals surface area contributed by atoms with Gasteiger partial charge in [0.25, 0.3) is 5.91 Å². The predicted octanol–water partition coefficient (Wildman–Crippen LogP) is 3.46. The van der Waals surface area contributed by atoms with Crippen molar-refractivity contribution < 1.29 is 28.6 Å². The van der Waals surface area contributed by atoms with Gasteiger partial charge in [0.05, 0.1) is 25.1 Å². The third-order valence-corrected chi connectivity index (χ3v) is 5.18. The van der Waals surface area contributed by atoms with Crippen LogP contribution in [0.4, 0.5) is 4.39 Å². The van der Waals surface area contributed by atoms with Gasteiger partial charge in [-0.3, -0.25) is 14.4 Å². The Kier molecular flexibility index (Phi) is 6.30. The highest BCUT2D eigenvalue weighted by molar-refractivity contribution is 6.08. The summed E-state index contributed by atoms with van der Waals surface area (Å²) in [5, 5.41) is 10.4. The minimum absolute atomic E-state index is 0.00364. The monoisotopic (exact) mass is 411 g/mol. The molecule has 0 radical (unpaired) electrons. The molecular weight excluding hydrogens is 389 g/mol. The van der Waals surface area contributed by atoms with Gasteiger partial charge in [0.1, 0.15) is 5.82 Å². The average Bonchev–Trinajstić information content (AvgIpc) is 2.98. The van der Waals surface area contributed by atoms with Gasteiger partial charge in [-0.1, -0.05) is 42.5 Å². The number of hydrogen-bond donors (Lipinski definition) is 1. The number of benzene rings is 2. The Bertz CT molecular complexity index is 1000. The topological polar surface area (TPSA) is 83.9 Å². The lowest BCUT2D eigenvalue weighted by atomic mass is 9.92. The maximum atomic E-state index is 13.9. The summed E-state index contributed by atoms with van der Waals surface area (Å²) < 4.78 is 18.7. The standard InChI is InChI=1S/C23H22FNO5/c1-14(26)20-21(16-9-6-10-18(24)11-16)25(23(29)22(20)28)13-17(12-19(27)30-2)15-7-4-3-5-8-15/h3-11,17,21,28H,12-13H2,1-2H3/t17-,21+/m1/s1. The van der Waals surface area contributed by atoms with E-state index in [9.17, 15) is 23.9 Å². The summed E-state index contributed by atoms with van der Waals surface area (Å²) in [6.45, 7) is 1.28. The molecule has 3 rings (SSSR count). The molecule has 0 bridgehead atoms. The number of amides is 1. The van der Waals surface area contributed by atoms with Crippen molar-refractivity contribution in [3.63, 3.8) is 0 Å². The molecule has 2 aromatic carbocycles. The second-order valence-electron chi connectivity index (χ2n) is 7.12. The molecule has 1 amide bonds. The highest BCUT2D eigenvalue weighted by Crippen LogP contribution is 2.39. The van der Waals surface area contributed by atoms with Crippen LogP contribution in [0.25, 0.3) is 0 Å². The van der Waals surface area contributed by atoms with Crippen LogP contribution in [-0.2, 0) is 19.1 Å². The molecule has 6 nitrogen and oxygen atoms in total. The maximum Gasteiger partial charge on any atom is 0.306 e. The Morgan fingerprint density at radius 3 is 2.47 bits per heavy atom. The van der Waals surface area contributed by atoms with Gasteiger partial charge in [-0.05, 0) is 30.2 Å². The quantitative estimate of drug-likeness (QED) is 0.706. The molecule has 1 aliphatic rings. The van der Waals surface area contributed by atoms with E-state index in [2.05, 4.69) is 0 Å². The van der Waals surface area contributed by atoms with Crippen LogP contribution < -0.4 is 0 Å². The lowest BCUT2D eigenvalue weighted by molar-refractivity contribution is -0.141. The number of esters is 1. The molecule has 0 saturated carbocycles. The minimum Gasteiger partial charge on any atom is -0.503 e. The third kappa shape index (κ3) is 4.25. The molecule has 156 valence electrons. The van der Waals surface area contributed by atoms with E-state index in [0.29, 0.717) is 5.56 Å². The number of ketones is 1. The number of ether oxygens (including phenoxy) is 1. The average molecular weight is 411 g/mol. The van der Waals surface area contributed by atoms with Crippen molar-refractivity contribution in [2.75, 3.05) is 13.7 Å². The number of nitrogens with zero attached hydrogens (tertiary/aromatic N) is 1. The molecule has 0 unspecified atom stereocenters. The summed E-state index contributed by atoms with van der Waals surface area (Å²) in [5.74, 6) is -3.30. The molecule has 7 heteroatoms. The van der Waals surface area contributed by atoms with Crippen molar-refractivity contribution in [3.05, 3.63) is 82.9 Å². The van der Waals surface area contributed by atoms with Gasteiger partial charge in [0, 0.05) is 12.5 Å². The highest BCUT2D eigenvalue weighted by atomic mass is 19.1. The molecule has 0 aliphatic carbocycles. The molecule has 0 saturated heterocycles. The van der Waals surface area contributed by atoms with Crippen molar-refractivity contribution >= 4 is 17.7 Å². The lowest BCUT2D eigenvalue weighted by Crippen LogP contribution is -2.35. The van der Waals surface area contributed by atoms with E-state index >= 15 is 0 Å². The van der Waals surface area contributed by atoms with Gasteiger partial charge in [-0.2, -0.15) is 0 Å². The first-order valence-corrected chi connectivity index (χ1v) is 9.45. The van der Waals surface area contributed by atoms with Crippen LogP contribution in [0.15, 0.2) is 65.9 Å². The fourth-order valence-corrected chi connectivity index (χ4v) is 3.76. The molecule has 0 aromatic heterocycles. The number of halogens is 1. The van der Waals surface area contributed by atoms with Crippen molar-refractivity contribution in [2.45, 2.75) is 25.3 Å². The van der Waals surface area contributed by atoms with Crippen molar-refractivity contribution in [3.8, 4) is 0 Å². The van der Waals surface area contributed by atoms with E-state index in [4.69, 9.17) is 4.74 Å². The van der Waals surface area contributed by atoms with Crippen LogP contribution in [0.2, 0.25) is 0 Å². The SMILES string of the molecule is COC(=O)C[C@H](CN1C(=O)C(O)=C(C(C)=O)[C@@H]1c1cccc(F)c1)c1ccccc1. The van der Waals surface area contributed by atoms with E-state index in [1.807, 2.05) is 30.3 Å². The van der Waals surface area contributed by atoms with E-state index in [1.54, 1.807) is 6.07 Å². The summed E-state index contributed by atoms with van der Waals surface area (Å²) in [4.78, 5) is 38.4. The Balaban J connectivity index is 2.03. The summed E-state index contributed by atoms with van der Waals surface area (Å²) >= 11 is 0. The van der Waals surface area contributed by atoms with Crippen LogP contribution in [0.5, 0.6) is 0 Å². The summed E-state index contributed by atoms with van der Waals surface area (Å²) in [7, 11) is 1.28. The van der Waals surface area contributed by atoms with Crippen LogP contribution in [0, 0.1) is 5.82 Å². The van der Waals surface area contributed by atoms with Gasteiger partial charge in [0.2, 0.25) is 0 Å². The molecule has 0 spiro atoms. The smallest absolute Gasteiger partial charge is 0.306 e. The van der Waals surface area contributed by atoms with Crippen LogP contribution in [-0.4, -0.2) is 41.3 Å². The van der Waals surface area contributed by atoms with E-state index in [0.717, 1.165) is 5.56 Å². The third-order valence-electron chi connectivity index (χ3n) is 5.18. The van der Waals surface area contributed by atoms with Gasteiger partial charge in [-0.25, -0.2) is 4.39 Å². The van der Waals surface area contributed by atoms with E-state index in [-0.39, 0.29) is 18.5 Å². The first kappa shape index (κ1) is 21.2. The van der Waals surface area contributed by atoms with Crippen molar-refractivity contribution in [1.82, 2.24) is 4.90 Å². The molecule has 0 fully saturated rings. The van der Waals surface area contributed by atoms with Gasteiger partial charge >= 0.3 is 5.97 Å².